The molecule has 0 saturated carbocycles. The van der Waals surface area contributed by atoms with Crippen LogP contribution in [0, 0.1) is 0 Å². The van der Waals surface area contributed by atoms with Crippen LogP contribution >= 0.6 is 0 Å². The van der Waals surface area contributed by atoms with Crippen LogP contribution in [0.4, 0.5) is 0 Å². The Morgan fingerprint density at radius 1 is 1.37 bits per heavy atom. The highest BCUT2D eigenvalue weighted by Gasteiger charge is 2.21. The number of hydrogen-bond donors (Lipinski definition) is 0. The molecule has 0 aliphatic carbocycles. The third kappa shape index (κ3) is 3.35. The van der Waals surface area contributed by atoms with E-state index in [4.69, 9.17) is 9.47 Å². The van der Waals surface area contributed by atoms with E-state index in [1.165, 1.54) is 0 Å². The smallest absolute Gasteiger partial charge is 0.199 e. The van der Waals surface area contributed by atoms with Crippen LogP contribution in [-0.4, -0.2) is 18.7 Å². The average molecular weight is 262 g/mol. The summed E-state index contributed by atoms with van der Waals surface area (Å²) in [5.74, 6) is 1.06. The van der Waals surface area contributed by atoms with E-state index in [0.29, 0.717) is 17.2 Å². The maximum atomic E-state index is 11.8. The minimum absolute atomic E-state index is 0.0355. The van der Waals surface area contributed by atoms with E-state index in [0.717, 1.165) is 31.4 Å². The van der Waals surface area contributed by atoms with Gasteiger partial charge in [-0.2, -0.15) is 0 Å². The maximum absolute atomic E-state index is 11.8. The molecule has 1 atom stereocenters. The zero-order valence-electron chi connectivity index (χ0n) is 11.9. The van der Waals surface area contributed by atoms with E-state index in [-0.39, 0.29) is 12.1 Å². The van der Waals surface area contributed by atoms with Gasteiger partial charge >= 0.3 is 0 Å². The molecule has 3 nitrogen and oxygen atoms in total. The molecule has 0 bridgehead atoms. The summed E-state index contributed by atoms with van der Waals surface area (Å²) >= 11 is 0. The van der Waals surface area contributed by atoms with E-state index in [9.17, 15) is 4.79 Å². The van der Waals surface area contributed by atoms with Gasteiger partial charge in [0.2, 0.25) is 0 Å². The largest absolute Gasteiger partial charge is 0.464 e. The molecule has 1 aromatic carbocycles. The van der Waals surface area contributed by atoms with Crippen LogP contribution in [0.1, 0.15) is 61.9 Å². The van der Waals surface area contributed by atoms with Gasteiger partial charge in [0.15, 0.2) is 12.1 Å². The Bertz CT molecular complexity index is 445. The van der Waals surface area contributed by atoms with Crippen molar-refractivity contribution in [3.8, 4) is 5.75 Å². The molecule has 0 N–H and O–H groups in total. The Balaban J connectivity index is 2.31. The van der Waals surface area contributed by atoms with Crippen LogP contribution in [0.2, 0.25) is 0 Å². The second-order valence-electron chi connectivity index (χ2n) is 5.35. The van der Waals surface area contributed by atoms with Gasteiger partial charge in [-0.05, 0) is 37.3 Å². The molecule has 1 aliphatic rings. The maximum Gasteiger partial charge on any atom is 0.199 e. The van der Waals surface area contributed by atoms with Gasteiger partial charge < -0.3 is 9.47 Å². The Morgan fingerprint density at radius 2 is 2.16 bits per heavy atom. The second-order valence-corrected chi connectivity index (χ2v) is 5.35. The SMILES string of the molecule is CC(=O)c1cccc(C(C)C)c1OC1CCCCO1. The monoisotopic (exact) mass is 262 g/mol. The molecule has 104 valence electrons. The van der Waals surface area contributed by atoms with Gasteiger partial charge in [0, 0.05) is 6.42 Å². The molecule has 1 heterocycles. The van der Waals surface area contributed by atoms with Crippen molar-refractivity contribution in [2.75, 3.05) is 6.61 Å². The predicted molar refractivity (Wildman–Crippen MR) is 74.8 cm³/mol. The van der Waals surface area contributed by atoms with Gasteiger partial charge in [0.05, 0.1) is 12.2 Å². The standard InChI is InChI=1S/C16H22O3/c1-11(2)13-7-6-8-14(12(3)17)16(13)19-15-9-4-5-10-18-15/h6-8,11,15H,4-5,9-10H2,1-3H3. The van der Waals surface area contributed by atoms with Crippen molar-refractivity contribution in [2.24, 2.45) is 0 Å². The van der Waals surface area contributed by atoms with E-state index in [2.05, 4.69) is 13.8 Å². The van der Waals surface area contributed by atoms with Crippen molar-refractivity contribution in [3.63, 3.8) is 0 Å². The summed E-state index contributed by atoms with van der Waals surface area (Å²) in [5, 5.41) is 0. The lowest BCUT2D eigenvalue weighted by atomic mass is 9.97. The van der Waals surface area contributed by atoms with E-state index >= 15 is 0 Å². The van der Waals surface area contributed by atoms with Crippen LogP contribution < -0.4 is 4.74 Å². The number of rotatable bonds is 4. The van der Waals surface area contributed by atoms with Crippen molar-refractivity contribution < 1.29 is 14.3 Å². The topological polar surface area (TPSA) is 35.5 Å². The Hall–Kier alpha value is -1.35. The first-order chi connectivity index (χ1) is 9.09. The molecular formula is C16H22O3. The highest BCUT2D eigenvalue weighted by molar-refractivity contribution is 5.97. The fraction of sp³-hybridized carbons (Fsp3) is 0.562. The summed E-state index contributed by atoms with van der Waals surface area (Å²) in [7, 11) is 0. The van der Waals surface area contributed by atoms with Gasteiger partial charge in [0.25, 0.3) is 0 Å². The average Bonchev–Trinajstić information content (AvgIpc) is 2.39. The summed E-state index contributed by atoms with van der Waals surface area (Å²) in [4.78, 5) is 11.8. The molecule has 1 aliphatic heterocycles. The second kappa shape index (κ2) is 6.20. The fourth-order valence-electron chi connectivity index (χ4n) is 2.35. The van der Waals surface area contributed by atoms with Crippen LogP contribution in [0.15, 0.2) is 18.2 Å². The lowest BCUT2D eigenvalue weighted by Crippen LogP contribution is -2.26. The molecule has 0 amide bonds. The minimum atomic E-state index is -0.216. The molecule has 0 aromatic heterocycles. The highest BCUT2D eigenvalue weighted by Crippen LogP contribution is 2.32. The van der Waals surface area contributed by atoms with Crippen molar-refractivity contribution in [2.45, 2.75) is 52.2 Å². The number of ketones is 1. The van der Waals surface area contributed by atoms with Gasteiger partial charge in [-0.15, -0.1) is 0 Å². The van der Waals surface area contributed by atoms with Crippen LogP contribution in [0.25, 0.3) is 0 Å². The van der Waals surface area contributed by atoms with Crippen molar-refractivity contribution in [1.82, 2.24) is 0 Å². The van der Waals surface area contributed by atoms with Crippen LogP contribution in [-0.2, 0) is 4.74 Å². The lowest BCUT2D eigenvalue weighted by molar-refractivity contribution is -0.106. The number of para-hydroxylation sites is 1. The molecule has 1 unspecified atom stereocenters. The third-order valence-corrected chi connectivity index (χ3v) is 3.43. The molecule has 1 saturated heterocycles. The van der Waals surface area contributed by atoms with Gasteiger partial charge in [-0.25, -0.2) is 0 Å². The summed E-state index contributed by atoms with van der Waals surface area (Å²) in [5.41, 5.74) is 1.72. The van der Waals surface area contributed by atoms with E-state index < -0.39 is 0 Å². The molecule has 1 aromatic rings. The number of carbonyl (C=O) groups excluding carboxylic acids is 1. The zero-order chi connectivity index (χ0) is 13.8. The first-order valence-corrected chi connectivity index (χ1v) is 7.01. The Morgan fingerprint density at radius 3 is 2.74 bits per heavy atom. The van der Waals surface area contributed by atoms with Crippen molar-refractivity contribution >= 4 is 5.78 Å². The predicted octanol–water partition coefficient (Wildman–Crippen LogP) is 3.92. The van der Waals surface area contributed by atoms with Crippen LogP contribution in [0.3, 0.4) is 0 Å². The normalized spacial score (nSPS) is 19.5. The van der Waals surface area contributed by atoms with Crippen LogP contribution in [0.5, 0.6) is 5.75 Å². The lowest BCUT2D eigenvalue weighted by Gasteiger charge is -2.26. The van der Waals surface area contributed by atoms with E-state index in [1.54, 1.807) is 6.92 Å². The highest BCUT2D eigenvalue weighted by atomic mass is 16.7. The molecule has 1 fully saturated rings. The van der Waals surface area contributed by atoms with E-state index in [1.807, 2.05) is 18.2 Å². The third-order valence-electron chi connectivity index (χ3n) is 3.43. The summed E-state index contributed by atoms with van der Waals surface area (Å²) in [6, 6.07) is 5.77. The Kier molecular flexibility index (Phi) is 4.59. The number of ether oxygens (including phenoxy) is 2. The van der Waals surface area contributed by atoms with Crippen molar-refractivity contribution in [1.29, 1.82) is 0 Å². The van der Waals surface area contributed by atoms with Gasteiger partial charge in [-0.1, -0.05) is 26.0 Å². The number of benzene rings is 1. The Labute approximate surface area is 114 Å². The van der Waals surface area contributed by atoms with Gasteiger partial charge in [-0.3, -0.25) is 4.79 Å². The molecular weight excluding hydrogens is 240 g/mol. The number of Topliss-reactive ketones (excluding diaryl/α,β-unsaturated/α-hetero) is 1. The molecule has 2 rings (SSSR count). The minimum Gasteiger partial charge on any atom is -0.464 e. The summed E-state index contributed by atoms with van der Waals surface area (Å²) in [6.45, 7) is 6.53. The first-order valence-electron chi connectivity index (χ1n) is 7.01. The number of hydrogen-bond acceptors (Lipinski definition) is 3. The summed E-state index contributed by atoms with van der Waals surface area (Å²) in [6.07, 6.45) is 2.88. The molecule has 3 heteroatoms. The fourth-order valence-corrected chi connectivity index (χ4v) is 2.35. The quantitative estimate of drug-likeness (QED) is 0.771. The molecule has 0 radical (unpaired) electrons. The van der Waals surface area contributed by atoms with Crippen molar-refractivity contribution in [3.05, 3.63) is 29.3 Å². The first kappa shape index (κ1) is 14.1. The summed E-state index contributed by atoms with van der Waals surface area (Å²) < 4.78 is 11.6. The zero-order valence-corrected chi connectivity index (χ0v) is 11.9. The molecule has 0 spiro atoms. The molecule has 19 heavy (non-hydrogen) atoms. The number of carbonyl (C=O) groups is 1. The van der Waals surface area contributed by atoms with Gasteiger partial charge in [0.1, 0.15) is 5.75 Å².